The molecule has 0 radical (unpaired) electrons. The van der Waals surface area contributed by atoms with E-state index in [0.29, 0.717) is 0 Å². The molecule has 0 bridgehead atoms. The number of amides is 1. The number of hydrogen-bond acceptors (Lipinski definition) is 3. The molecule has 0 saturated heterocycles. The summed E-state index contributed by atoms with van der Waals surface area (Å²) >= 11 is 0. The summed E-state index contributed by atoms with van der Waals surface area (Å²) in [6, 6.07) is 9.81. The highest BCUT2D eigenvalue weighted by molar-refractivity contribution is 5.67. The van der Waals surface area contributed by atoms with Gasteiger partial charge in [-0.1, -0.05) is 30.3 Å². The first-order chi connectivity index (χ1) is 7.87. The van der Waals surface area contributed by atoms with Gasteiger partial charge in [0.1, 0.15) is 0 Å². The fourth-order valence-corrected chi connectivity index (χ4v) is 1.48. The van der Waals surface area contributed by atoms with E-state index in [9.17, 15) is 9.90 Å². The van der Waals surface area contributed by atoms with Crippen molar-refractivity contribution >= 4 is 6.09 Å². The van der Waals surface area contributed by atoms with Crippen LogP contribution < -0.4 is 5.32 Å². The van der Waals surface area contributed by atoms with Crippen LogP contribution in [0.4, 0.5) is 4.79 Å². The quantitative estimate of drug-likeness (QED) is 0.788. The maximum Gasteiger partial charge on any atom is 0.409 e. The van der Waals surface area contributed by atoms with Crippen LogP contribution in [0.5, 0.6) is 0 Å². The molecule has 1 atom stereocenters. The van der Waals surface area contributed by atoms with Gasteiger partial charge in [0.05, 0.1) is 0 Å². The Morgan fingerprint density at radius 2 is 2.00 bits per heavy atom. The molecule has 4 heteroatoms. The van der Waals surface area contributed by atoms with E-state index in [0.717, 1.165) is 12.0 Å². The minimum absolute atomic E-state index is 0.0488. The van der Waals surface area contributed by atoms with Crippen molar-refractivity contribution in [2.24, 2.45) is 0 Å². The lowest BCUT2D eigenvalue weighted by Gasteiger charge is -2.20. The zero-order chi connectivity index (χ0) is 12.9. The molecule has 0 fully saturated rings. The van der Waals surface area contributed by atoms with Gasteiger partial charge >= 0.3 is 6.09 Å². The standard InChI is InChI=1S/C13H19NO3/c1-10(9-11-7-5-4-6-8-11)14-12(15)17-13(2,3)16/h4-8,10,16H,9H2,1-3H3,(H,14,15)/t10-/m0/s1. The SMILES string of the molecule is C[C@@H](Cc1ccccc1)NC(=O)OC(C)(C)O. The van der Waals surface area contributed by atoms with E-state index in [-0.39, 0.29) is 6.04 Å². The summed E-state index contributed by atoms with van der Waals surface area (Å²) in [5.74, 6) is -1.45. The Kier molecular flexibility index (Phi) is 4.52. The van der Waals surface area contributed by atoms with Crippen LogP contribution in [0.2, 0.25) is 0 Å². The van der Waals surface area contributed by atoms with E-state index < -0.39 is 11.9 Å². The van der Waals surface area contributed by atoms with Crippen LogP contribution in [0.25, 0.3) is 0 Å². The number of hydrogen-bond donors (Lipinski definition) is 2. The topological polar surface area (TPSA) is 58.6 Å². The van der Waals surface area contributed by atoms with Gasteiger partial charge in [0, 0.05) is 19.9 Å². The number of benzene rings is 1. The summed E-state index contributed by atoms with van der Waals surface area (Å²) in [5.41, 5.74) is 1.14. The van der Waals surface area contributed by atoms with Crippen LogP contribution >= 0.6 is 0 Å². The summed E-state index contributed by atoms with van der Waals surface area (Å²) < 4.78 is 4.75. The second kappa shape index (κ2) is 5.68. The molecule has 0 unspecified atom stereocenters. The van der Waals surface area contributed by atoms with Gasteiger partial charge in [0.15, 0.2) is 0 Å². The molecule has 4 nitrogen and oxygen atoms in total. The second-order valence-electron chi connectivity index (χ2n) is 4.57. The largest absolute Gasteiger partial charge is 0.418 e. The molecule has 0 aliphatic rings. The Bertz CT molecular complexity index is 357. The van der Waals surface area contributed by atoms with Crippen molar-refractivity contribution in [2.75, 3.05) is 0 Å². The Morgan fingerprint density at radius 3 is 2.53 bits per heavy atom. The highest BCUT2D eigenvalue weighted by Crippen LogP contribution is 2.05. The average Bonchev–Trinajstić information content (AvgIpc) is 2.15. The molecule has 1 amide bonds. The monoisotopic (exact) mass is 237 g/mol. The molecule has 0 heterocycles. The Hall–Kier alpha value is -1.55. The van der Waals surface area contributed by atoms with Gasteiger partial charge in [0.25, 0.3) is 0 Å². The van der Waals surface area contributed by atoms with Gasteiger partial charge in [-0.25, -0.2) is 4.79 Å². The highest BCUT2D eigenvalue weighted by atomic mass is 16.7. The molecule has 1 rings (SSSR count). The molecule has 94 valence electrons. The van der Waals surface area contributed by atoms with Gasteiger partial charge in [0.2, 0.25) is 5.79 Å². The molecule has 0 aliphatic carbocycles. The maximum atomic E-state index is 11.4. The first-order valence-electron chi connectivity index (χ1n) is 5.62. The first kappa shape index (κ1) is 13.5. The number of alkyl carbamates (subject to hydrolysis) is 1. The summed E-state index contributed by atoms with van der Waals surface area (Å²) in [6.07, 6.45) is 0.114. The highest BCUT2D eigenvalue weighted by Gasteiger charge is 2.19. The van der Waals surface area contributed by atoms with Crippen molar-refractivity contribution in [3.8, 4) is 0 Å². The van der Waals surface area contributed by atoms with Crippen molar-refractivity contribution in [2.45, 2.75) is 39.0 Å². The van der Waals surface area contributed by atoms with E-state index in [4.69, 9.17) is 4.74 Å². The fourth-order valence-electron chi connectivity index (χ4n) is 1.48. The lowest BCUT2D eigenvalue weighted by atomic mass is 10.1. The number of carbonyl (C=O) groups is 1. The van der Waals surface area contributed by atoms with Crippen LogP contribution in [-0.4, -0.2) is 23.0 Å². The molecular formula is C13H19NO3. The number of nitrogens with one attached hydrogen (secondary N) is 1. The summed E-state index contributed by atoms with van der Waals surface area (Å²) in [6.45, 7) is 4.71. The second-order valence-corrected chi connectivity index (χ2v) is 4.57. The third-order valence-electron chi connectivity index (χ3n) is 2.09. The van der Waals surface area contributed by atoms with E-state index >= 15 is 0 Å². The number of aliphatic hydroxyl groups is 1. The van der Waals surface area contributed by atoms with E-state index in [1.807, 2.05) is 37.3 Å². The van der Waals surface area contributed by atoms with Crippen molar-refractivity contribution in [3.05, 3.63) is 35.9 Å². The summed E-state index contributed by atoms with van der Waals surface area (Å²) in [7, 11) is 0. The van der Waals surface area contributed by atoms with Gasteiger partial charge in [-0.15, -0.1) is 0 Å². The normalized spacial score (nSPS) is 12.9. The van der Waals surface area contributed by atoms with Gasteiger partial charge < -0.3 is 15.2 Å². The van der Waals surface area contributed by atoms with Gasteiger partial charge in [-0.05, 0) is 18.9 Å². The van der Waals surface area contributed by atoms with Gasteiger partial charge in [-0.2, -0.15) is 0 Å². The zero-order valence-electron chi connectivity index (χ0n) is 10.4. The van der Waals surface area contributed by atoms with Crippen LogP contribution in [0.1, 0.15) is 26.3 Å². The first-order valence-corrected chi connectivity index (χ1v) is 5.62. The van der Waals surface area contributed by atoms with Crippen molar-refractivity contribution < 1.29 is 14.6 Å². The molecule has 0 spiro atoms. The molecule has 1 aromatic rings. The fraction of sp³-hybridized carbons (Fsp3) is 0.462. The predicted octanol–water partition coefficient (Wildman–Crippen LogP) is 2.07. The Labute approximate surface area is 102 Å². The molecule has 0 saturated carbocycles. The van der Waals surface area contributed by atoms with Crippen LogP contribution in [0.15, 0.2) is 30.3 Å². The zero-order valence-corrected chi connectivity index (χ0v) is 10.4. The third kappa shape index (κ3) is 5.92. The third-order valence-corrected chi connectivity index (χ3v) is 2.09. The summed E-state index contributed by atoms with van der Waals surface area (Å²) in [5, 5.41) is 12.0. The van der Waals surface area contributed by atoms with Gasteiger partial charge in [-0.3, -0.25) is 0 Å². The van der Waals surface area contributed by atoms with E-state index in [2.05, 4.69) is 5.32 Å². The van der Waals surface area contributed by atoms with Crippen LogP contribution in [0, 0.1) is 0 Å². The van der Waals surface area contributed by atoms with E-state index in [1.54, 1.807) is 0 Å². The number of rotatable bonds is 4. The van der Waals surface area contributed by atoms with Crippen molar-refractivity contribution in [1.29, 1.82) is 0 Å². The number of carbonyl (C=O) groups excluding carboxylic acids is 1. The van der Waals surface area contributed by atoms with Crippen molar-refractivity contribution in [3.63, 3.8) is 0 Å². The van der Waals surface area contributed by atoms with E-state index in [1.165, 1.54) is 13.8 Å². The Morgan fingerprint density at radius 1 is 1.41 bits per heavy atom. The molecule has 2 N–H and O–H groups in total. The number of ether oxygens (including phenoxy) is 1. The smallest absolute Gasteiger partial charge is 0.409 e. The molecule has 17 heavy (non-hydrogen) atoms. The minimum atomic E-state index is -1.45. The molecule has 0 aromatic heterocycles. The minimum Gasteiger partial charge on any atom is -0.418 e. The van der Waals surface area contributed by atoms with Crippen LogP contribution in [-0.2, 0) is 11.2 Å². The summed E-state index contributed by atoms with van der Waals surface area (Å²) in [4.78, 5) is 11.4. The van der Waals surface area contributed by atoms with Crippen molar-refractivity contribution in [1.82, 2.24) is 5.32 Å². The predicted molar refractivity (Wildman–Crippen MR) is 65.5 cm³/mol. The lowest BCUT2D eigenvalue weighted by Crippen LogP contribution is -2.39. The lowest BCUT2D eigenvalue weighted by molar-refractivity contribution is -0.131. The molecule has 0 aliphatic heterocycles. The van der Waals surface area contributed by atoms with Crippen LogP contribution in [0.3, 0.4) is 0 Å². The molecular weight excluding hydrogens is 218 g/mol. The maximum absolute atomic E-state index is 11.4. The average molecular weight is 237 g/mol. The Balaban J connectivity index is 2.40. The molecule has 1 aromatic carbocycles.